The first-order valence-electron chi connectivity index (χ1n) is 5.91. The molecule has 0 spiro atoms. The van der Waals surface area contributed by atoms with Gasteiger partial charge in [-0.15, -0.1) is 0 Å². The largest absolute Gasteiger partial charge is 0.481 e. The van der Waals surface area contributed by atoms with E-state index in [0.29, 0.717) is 12.0 Å². The molecule has 0 saturated heterocycles. The Morgan fingerprint density at radius 2 is 1.95 bits per heavy atom. The van der Waals surface area contributed by atoms with Crippen molar-refractivity contribution in [2.45, 2.75) is 0 Å². The lowest BCUT2D eigenvalue weighted by molar-refractivity contribution is -0.118. The lowest BCUT2D eigenvalue weighted by Crippen LogP contribution is -2.20. The van der Waals surface area contributed by atoms with Crippen LogP contribution >= 0.6 is 0 Å². The summed E-state index contributed by atoms with van der Waals surface area (Å²) in [6.07, 6.45) is 0.537. The van der Waals surface area contributed by atoms with Crippen LogP contribution < -0.4 is 10.1 Å². The second kappa shape index (κ2) is 6.47. The number of anilines is 1. The van der Waals surface area contributed by atoms with Crippen LogP contribution in [0, 0.1) is 5.82 Å². The average molecular weight is 273 g/mol. The molecule has 0 fully saturated rings. The normalized spacial score (nSPS) is 9.85. The smallest absolute Gasteiger partial charge is 0.262 e. The van der Waals surface area contributed by atoms with Crippen molar-refractivity contribution in [2.24, 2.45) is 0 Å². The molecular weight excluding hydrogens is 261 g/mol. The van der Waals surface area contributed by atoms with Gasteiger partial charge in [0.05, 0.1) is 0 Å². The van der Waals surface area contributed by atoms with Crippen molar-refractivity contribution < 1.29 is 18.7 Å². The van der Waals surface area contributed by atoms with Crippen LogP contribution in [0.1, 0.15) is 10.4 Å². The zero-order valence-corrected chi connectivity index (χ0v) is 10.5. The lowest BCUT2D eigenvalue weighted by Gasteiger charge is -2.08. The standard InChI is InChI=1S/C15H12FNO3/c16-13-8-11(9-18)6-7-14(13)20-10-15(19)17-12-4-2-1-3-5-12/h1-9H,10H2,(H,17,19). The maximum atomic E-state index is 13.5. The zero-order chi connectivity index (χ0) is 14.4. The van der Waals surface area contributed by atoms with Crippen molar-refractivity contribution in [3.63, 3.8) is 0 Å². The number of carbonyl (C=O) groups excluding carboxylic acids is 2. The number of para-hydroxylation sites is 1. The number of rotatable bonds is 5. The van der Waals surface area contributed by atoms with Gasteiger partial charge in [-0.05, 0) is 30.3 Å². The predicted octanol–water partition coefficient (Wildman–Crippen LogP) is 2.66. The predicted molar refractivity (Wildman–Crippen MR) is 72.4 cm³/mol. The van der Waals surface area contributed by atoms with Crippen molar-refractivity contribution in [3.8, 4) is 5.75 Å². The molecule has 0 aromatic heterocycles. The molecule has 0 aliphatic heterocycles. The van der Waals surface area contributed by atoms with Crippen molar-refractivity contribution in [2.75, 3.05) is 11.9 Å². The summed E-state index contributed by atoms with van der Waals surface area (Å²) < 4.78 is 18.6. The van der Waals surface area contributed by atoms with E-state index in [-0.39, 0.29) is 17.9 Å². The zero-order valence-electron chi connectivity index (χ0n) is 10.5. The Bertz CT molecular complexity index is 614. The molecule has 0 unspecified atom stereocenters. The van der Waals surface area contributed by atoms with Gasteiger partial charge in [0.15, 0.2) is 18.2 Å². The number of halogens is 1. The first-order chi connectivity index (χ1) is 9.69. The van der Waals surface area contributed by atoms with Gasteiger partial charge in [0.25, 0.3) is 5.91 Å². The maximum absolute atomic E-state index is 13.5. The summed E-state index contributed by atoms with van der Waals surface area (Å²) in [6.45, 7) is -0.313. The van der Waals surface area contributed by atoms with Gasteiger partial charge in [-0.2, -0.15) is 0 Å². The second-order valence-corrected chi connectivity index (χ2v) is 4.01. The Hall–Kier alpha value is -2.69. The van der Waals surface area contributed by atoms with E-state index in [0.717, 1.165) is 6.07 Å². The van der Waals surface area contributed by atoms with Gasteiger partial charge in [0, 0.05) is 11.3 Å². The Morgan fingerprint density at radius 1 is 1.20 bits per heavy atom. The van der Waals surface area contributed by atoms with E-state index in [2.05, 4.69) is 5.32 Å². The fourth-order valence-corrected chi connectivity index (χ4v) is 1.57. The molecule has 1 N–H and O–H groups in total. The quantitative estimate of drug-likeness (QED) is 0.852. The molecule has 0 saturated carbocycles. The SMILES string of the molecule is O=Cc1ccc(OCC(=O)Nc2ccccc2)c(F)c1. The minimum atomic E-state index is -0.679. The lowest BCUT2D eigenvalue weighted by atomic mass is 10.2. The number of aldehydes is 1. The number of hydrogen-bond acceptors (Lipinski definition) is 3. The average Bonchev–Trinajstić information content (AvgIpc) is 2.47. The second-order valence-electron chi connectivity index (χ2n) is 4.01. The summed E-state index contributed by atoms with van der Waals surface area (Å²) in [6, 6.07) is 12.7. The molecule has 2 aromatic carbocycles. The number of ether oxygens (including phenoxy) is 1. The topological polar surface area (TPSA) is 55.4 Å². The summed E-state index contributed by atoms with van der Waals surface area (Å²) in [5, 5.41) is 2.61. The van der Waals surface area contributed by atoms with Gasteiger partial charge >= 0.3 is 0 Å². The third-order valence-corrected chi connectivity index (χ3v) is 2.51. The highest BCUT2D eigenvalue weighted by atomic mass is 19.1. The molecular formula is C15H12FNO3. The third-order valence-electron chi connectivity index (χ3n) is 2.51. The van der Waals surface area contributed by atoms with Gasteiger partial charge in [-0.25, -0.2) is 4.39 Å². The van der Waals surface area contributed by atoms with Crippen LogP contribution in [-0.4, -0.2) is 18.8 Å². The van der Waals surface area contributed by atoms with Crippen molar-refractivity contribution >= 4 is 17.9 Å². The molecule has 0 bridgehead atoms. The van der Waals surface area contributed by atoms with Gasteiger partial charge < -0.3 is 10.1 Å². The van der Waals surface area contributed by atoms with E-state index >= 15 is 0 Å². The number of benzene rings is 2. The number of nitrogens with one attached hydrogen (secondary N) is 1. The number of amides is 1. The summed E-state index contributed by atoms with van der Waals surface area (Å²) >= 11 is 0. The van der Waals surface area contributed by atoms with Gasteiger partial charge in [0.1, 0.15) is 6.29 Å². The van der Waals surface area contributed by atoms with Crippen LogP contribution in [0.5, 0.6) is 5.75 Å². The van der Waals surface area contributed by atoms with Crippen LogP contribution in [0.3, 0.4) is 0 Å². The number of hydrogen-bond donors (Lipinski definition) is 1. The van der Waals surface area contributed by atoms with E-state index in [9.17, 15) is 14.0 Å². The van der Waals surface area contributed by atoms with Crippen LogP contribution in [-0.2, 0) is 4.79 Å². The van der Waals surface area contributed by atoms with Crippen LogP contribution in [0.25, 0.3) is 0 Å². The molecule has 20 heavy (non-hydrogen) atoms. The first kappa shape index (κ1) is 13.7. The molecule has 0 aliphatic carbocycles. The Kier molecular flexibility index (Phi) is 4.44. The fraction of sp³-hybridized carbons (Fsp3) is 0.0667. The van der Waals surface area contributed by atoms with E-state index in [1.54, 1.807) is 24.3 Å². The van der Waals surface area contributed by atoms with Crippen molar-refractivity contribution in [1.82, 2.24) is 0 Å². The summed E-state index contributed by atoms with van der Waals surface area (Å²) in [5.74, 6) is -1.14. The molecule has 0 atom stereocenters. The maximum Gasteiger partial charge on any atom is 0.262 e. The molecule has 4 nitrogen and oxygen atoms in total. The highest BCUT2D eigenvalue weighted by Gasteiger charge is 2.08. The summed E-state index contributed by atoms with van der Waals surface area (Å²) in [4.78, 5) is 22.1. The van der Waals surface area contributed by atoms with Gasteiger partial charge in [-0.1, -0.05) is 18.2 Å². The van der Waals surface area contributed by atoms with Gasteiger partial charge in [-0.3, -0.25) is 9.59 Å². The molecule has 0 radical (unpaired) electrons. The minimum absolute atomic E-state index is 0.0705. The number of carbonyl (C=O) groups is 2. The molecule has 2 aromatic rings. The Morgan fingerprint density at radius 3 is 2.60 bits per heavy atom. The summed E-state index contributed by atoms with van der Waals surface area (Å²) in [5.41, 5.74) is 0.849. The highest BCUT2D eigenvalue weighted by Crippen LogP contribution is 2.17. The highest BCUT2D eigenvalue weighted by molar-refractivity contribution is 5.91. The van der Waals surface area contributed by atoms with E-state index in [1.807, 2.05) is 6.07 Å². The van der Waals surface area contributed by atoms with E-state index in [1.165, 1.54) is 12.1 Å². The Labute approximate surface area is 115 Å². The minimum Gasteiger partial charge on any atom is -0.481 e. The molecule has 5 heteroatoms. The van der Waals surface area contributed by atoms with E-state index in [4.69, 9.17) is 4.74 Å². The fourth-order valence-electron chi connectivity index (χ4n) is 1.57. The van der Waals surface area contributed by atoms with Crippen LogP contribution in [0.2, 0.25) is 0 Å². The third kappa shape index (κ3) is 3.65. The van der Waals surface area contributed by atoms with Crippen molar-refractivity contribution in [1.29, 1.82) is 0 Å². The molecule has 1 amide bonds. The molecule has 2 rings (SSSR count). The molecule has 0 aliphatic rings. The molecule has 0 heterocycles. The van der Waals surface area contributed by atoms with Crippen LogP contribution in [0.4, 0.5) is 10.1 Å². The van der Waals surface area contributed by atoms with Crippen molar-refractivity contribution in [3.05, 3.63) is 59.9 Å². The molecule has 102 valence electrons. The Balaban J connectivity index is 1.92. The summed E-state index contributed by atoms with van der Waals surface area (Å²) in [7, 11) is 0. The first-order valence-corrected chi connectivity index (χ1v) is 5.91. The van der Waals surface area contributed by atoms with Crippen LogP contribution in [0.15, 0.2) is 48.5 Å². The van der Waals surface area contributed by atoms with E-state index < -0.39 is 11.7 Å². The monoisotopic (exact) mass is 273 g/mol. The van der Waals surface area contributed by atoms with Gasteiger partial charge in [0.2, 0.25) is 0 Å².